The number of imidazole rings is 1. The van der Waals surface area contributed by atoms with Crippen molar-refractivity contribution in [1.29, 1.82) is 0 Å². The SMILES string of the molecule is NC(=O)c1cn(CC(O)CCCc2ccccc2OCCS(=O)(=O)c2ccc(Cl)cc2)cn1. The zero-order valence-electron chi connectivity index (χ0n) is 17.9. The van der Waals surface area contributed by atoms with E-state index in [4.69, 9.17) is 22.1 Å². The monoisotopic (exact) mass is 491 g/mol. The van der Waals surface area contributed by atoms with Crippen LogP contribution in [0.5, 0.6) is 5.75 Å². The van der Waals surface area contributed by atoms with Crippen molar-refractivity contribution in [2.45, 2.75) is 36.8 Å². The fraction of sp³-hybridized carbons (Fsp3) is 0.304. The minimum Gasteiger partial charge on any atom is -0.492 e. The van der Waals surface area contributed by atoms with Gasteiger partial charge in [0.2, 0.25) is 0 Å². The van der Waals surface area contributed by atoms with Gasteiger partial charge in [-0.1, -0.05) is 29.8 Å². The molecule has 0 saturated carbocycles. The van der Waals surface area contributed by atoms with Crippen molar-refractivity contribution in [3.63, 3.8) is 0 Å². The number of hydrogen-bond donors (Lipinski definition) is 2. The van der Waals surface area contributed by atoms with Gasteiger partial charge in [0.25, 0.3) is 5.91 Å². The molecule has 0 radical (unpaired) electrons. The third-order valence-electron chi connectivity index (χ3n) is 5.05. The van der Waals surface area contributed by atoms with Crippen molar-refractivity contribution in [3.8, 4) is 5.75 Å². The number of aromatic nitrogens is 2. The smallest absolute Gasteiger partial charge is 0.268 e. The predicted molar refractivity (Wildman–Crippen MR) is 125 cm³/mol. The lowest BCUT2D eigenvalue weighted by molar-refractivity contribution is 0.0995. The van der Waals surface area contributed by atoms with E-state index in [0.29, 0.717) is 36.6 Å². The Morgan fingerprint density at radius 1 is 1.18 bits per heavy atom. The van der Waals surface area contributed by atoms with E-state index in [-0.39, 0.29) is 22.9 Å². The van der Waals surface area contributed by atoms with Gasteiger partial charge in [-0.2, -0.15) is 0 Å². The Morgan fingerprint density at radius 3 is 2.61 bits per heavy atom. The number of carbonyl (C=O) groups is 1. The quantitative estimate of drug-likeness (QED) is 0.401. The molecule has 0 aliphatic heterocycles. The summed E-state index contributed by atoms with van der Waals surface area (Å²) in [6.45, 7) is 0.328. The highest BCUT2D eigenvalue weighted by Gasteiger charge is 2.15. The third kappa shape index (κ3) is 7.31. The standard InChI is InChI=1S/C23H26ClN3O5S/c24-18-8-10-20(11-9-18)33(30,31)13-12-32-22-7-2-1-4-17(22)5-3-6-19(28)14-27-15-21(23(25)29)26-16-27/h1-2,4,7-11,15-16,19,28H,3,5-6,12-14H2,(H2,25,29). The van der Waals surface area contributed by atoms with Crippen LogP contribution in [-0.2, 0) is 22.8 Å². The highest BCUT2D eigenvalue weighted by molar-refractivity contribution is 7.91. The summed E-state index contributed by atoms with van der Waals surface area (Å²) in [7, 11) is -3.47. The van der Waals surface area contributed by atoms with E-state index in [2.05, 4.69) is 4.98 Å². The molecule has 0 saturated heterocycles. The number of nitrogens with two attached hydrogens (primary N) is 1. The van der Waals surface area contributed by atoms with Gasteiger partial charge in [-0.05, 0) is 55.2 Å². The van der Waals surface area contributed by atoms with Gasteiger partial charge in [0.1, 0.15) is 18.1 Å². The Labute approximate surface area is 197 Å². The molecule has 10 heteroatoms. The Kier molecular flexibility index (Phi) is 8.49. The first-order valence-corrected chi connectivity index (χ1v) is 12.5. The fourth-order valence-corrected chi connectivity index (χ4v) is 4.54. The second-order valence-electron chi connectivity index (χ2n) is 7.59. The maximum atomic E-state index is 12.5. The van der Waals surface area contributed by atoms with Crippen LogP contribution in [0.25, 0.3) is 0 Å². The van der Waals surface area contributed by atoms with E-state index in [0.717, 1.165) is 5.56 Å². The van der Waals surface area contributed by atoms with Gasteiger partial charge in [0.05, 0.1) is 23.1 Å². The predicted octanol–water partition coefficient (Wildman–Crippen LogP) is 2.87. The summed E-state index contributed by atoms with van der Waals surface area (Å²) < 4.78 is 32.3. The first-order valence-electron chi connectivity index (χ1n) is 10.4. The molecule has 1 heterocycles. The minimum atomic E-state index is -3.47. The Balaban J connectivity index is 1.48. The number of para-hydroxylation sites is 1. The van der Waals surface area contributed by atoms with Crippen LogP contribution in [0.3, 0.4) is 0 Å². The molecule has 0 aliphatic carbocycles. The van der Waals surface area contributed by atoms with Gasteiger partial charge in [-0.3, -0.25) is 4.79 Å². The van der Waals surface area contributed by atoms with Crippen molar-refractivity contribution < 1.29 is 23.1 Å². The van der Waals surface area contributed by atoms with Crippen LogP contribution in [0.2, 0.25) is 5.02 Å². The zero-order valence-corrected chi connectivity index (χ0v) is 19.5. The van der Waals surface area contributed by atoms with E-state index in [9.17, 15) is 18.3 Å². The number of sulfone groups is 1. The number of ether oxygens (including phenoxy) is 1. The lowest BCUT2D eigenvalue weighted by atomic mass is 10.0. The molecule has 0 fully saturated rings. The molecule has 176 valence electrons. The maximum absolute atomic E-state index is 12.5. The summed E-state index contributed by atoms with van der Waals surface area (Å²) in [4.78, 5) is 15.2. The average molecular weight is 492 g/mol. The number of carbonyl (C=O) groups excluding carboxylic acids is 1. The molecule has 1 unspecified atom stereocenters. The van der Waals surface area contributed by atoms with Crippen molar-refractivity contribution in [2.24, 2.45) is 5.73 Å². The number of aliphatic hydroxyl groups excluding tert-OH is 1. The number of hydrogen-bond acceptors (Lipinski definition) is 6. The lowest BCUT2D eigenvalue weighted by Gasteiger charge is -2.14. The highest BCUT2D eigenvalue weighted by atomic mass is 35.5. The number of aryl methyl sites for hydroxylation is 1. The first-order chi connectivity index (χ1) is 15.7. The summed E-state index contributed by atoms with van der Waals surface area (Å²) in [5.74, 6) is -0.139. The van der Waals surface area contributed by atoms with E-state index in [1.54, 1.807) is 22.8 Å². The van der Waals surface area contributed by atoms with Crippen molar-refractivity contribution in [2.75, 3.05) is 12.4 Å². The number of halogens is 1. The van der Waals surface area contributed by atoms with Crippen LogP contribution in [0.1, 0.15) is 28.9 Å². The van der Waals surface area contributed by atoms with Crippen molar-refractivity contribution in [3.05, 3.63) is 77.3 Å². The molecular formula is C23H26ClN3O5S. The van der Waals surface area contributed by atoms with Crippen molar-refractivity contribution >= 4 is 27.3 Å². The fourth-order valence-electron chi connectivity index (χ4n) is 3.32. The second-order valence-corrected chi connectivity index (χ2v) is 10.1. The molecule has 0 bridgehead atoms. The largest absolute Gasteiger partial charge is 0.492 e. The van der Waals surface area contributed by atoms with Gasteiger partial charge in [-0.15, -0.1) is 0 Å². The summed E-state index contributed by atoms with van der Waals surface area (Å²) >= 11 is 5.82. The lowest BCUT2D eigenvalue weighted by Crippen LogP contribution is -2.16. The van der Waals surface area contributed by atoms with Crippen LogP contribution in [0.15, 0.2) is 66.0 Å². The molecule has 3 N–H and O–H groups in total. The second kappa shape index (κ2) is 11.3. The third-order valence-corrected chi connectivity index (χ3v) is 6.99. The van der Waals surface area contributed by atoms with Gasteiger partial charge in [-0.25, -0.2) is 13.4 Å². The average Bonchev–Trinajstić information content (AvgIpc) is 3.24. The van der Waals surface area contributed by atoms with Crippen LogP contribution in [0.4, 0.5) is 0 Å². The van der Waals surface area contributed by atoms with Crippen LogP contribution >= 0.6 is 11.6 Å². The molecule has 33 heavy (non-hydrogen) atoms. The molecule has 3 aromatic rings. The van der Waals surface area contributed by atoms with Gasteiger partial charge < -0.3 is 20.1 Å². The normalized spacial score (nSPS) is 12.4. The summed E-state index contributed by atoms with van der Waals surface area (Å²) in [6, 6.07) is 13.5. The van der Waals surface area contributed by atoms with E-state index < -0.39 is 21.8 Å². The number of nitrogens with zero attached hydrogens (tertiary/aromatic N) is 2. The summed E-state index contributed by atoms with van der Waals surface area (Å²) in [5.41, 5.74) is 6.28. The molecule has 1 amide bonds. The molecule has 2 aromatic carbocycles. The Hall–Kier alpha value is -2.88. The topological polar surface area (TPSA) is 125 Å². The number of rotatable bonds is 12. The van der Waals surface area contributed by atoms with Crippen LogP contribution in [-0.4, -0.2) is 47.4 Å². The molecule has 1 aromatic heterocycles. The number of amides is 1. The van der Waals surface area contributed by atoms with Gasteiger partial charge in [0, 0.05) is 17.8 Å². The number of aliphatic hydroxyl groups is 1. The van der Waals surface area contributed by atoms with Crippen LogP contribution in [0, 0.1) is 0 Å². The van der Waals surface area contributed by atoms with Crippen LogP contribution < -0.4 is 10.5 Å². The zero-order chi connectivity index (χ0) is 23.8. The van der Waals surface area contributed by atoms with E-state index in [1.165, 1.54) is 24.7 Å². The van der Waals surface area contributed by atoms with Gasteiger partial charge >= 0.3 is 0 Å². The maximum Gasteiger partial charge on any atom is 0.268 e. The van der Waals surface area contributed by atoms with Crippen molar-refractivity contribution in [1.82, 2.24) is 9.55 Å². The Morgan fingerprint density at radius 2 is 1.91 bits per heavy atom. The molecule has 0 spiro atoms. The highest BCUT2D eigenvalue weighted by Crippen LogP contribution is 2.21. The Bertz CT molecular complexity index is 1180. The molecule has 1 atom stereocenters. The molecule has 0 aliphatic rings. The van der Waals surface area contributed by atoms with E-state index in [1.807, 2.05) is 18.2 Å². The summed E-state index contributed by atoms with van der Waals surface area (Å²) in [5, 5.41) is 10.8. The van der Waals surface area contributed by atoms with Gasteiger partial charge in [0.15, 0.2) is 9.84 Å². The number of primary amides is 1. The molecular weight excluding hydrogens is 466 g/mol. The minimum absolute atomic E-state index is 0.0213. The summed E-state index contributed by atoms with van der Waals surface area (Å²) in [6.07, 6.45) is 4.24. The first kappa shape index (κ1) is 24.8. The van der Waals surface area contributed by atoms with E-state index >= 15 is 0 Å². The molecule has 8 nitrogen and oxygen atoms in total. The number of benzene rings is 2. The molecule has 3 rings (SSSR count).